The molecule has 1 aliphatic rings. The van der Waals surface area contributed by atoms with E-state index in [-0.39, 0.29) is 0 Å². The lowest BCUT2D eigenvalue weighted by Crippen LogP contribution is -2.20. The van der Waals surface area contributed by atoms with Crippen LogP contribution in [0.3, 0.4) is 0 Å². The van der Waals surface area contributed by atoms with Gasteiger partial charge in [-0.15, -0.1) is 0 Å². The number of hydrogen-bond donors (Lipinski definition) is 2. The van der Waals surface area contributed by atoms with Crippen LogP contribution >= 0.6 is 23.2 Å². The highest BCUT2D eigenvalue weighted by molar-refractivity contribution is 6.41. The normalized spacial score (nSPS) is 14.4. The average Bonchev–Trinajstić information content (AvgIpc) is 3.07. The van der Waals surface area contributed by atoms with Crippen LogP contribution in [0.4, 0.5) is 17.3 Å². The van der Waals surface area contributed by atoms with Crippen LogP contribution < -0.4 is 16.0 Å². The topological polar surface area (TPSA) is 54.2 Å². The molecule has 22 heavy (non-hydrogen) atoms. The number of nitrogen functional groups attached to an aromatic ring is 1. The zero-order chi connectivity index (χ0) is 15.5. The van der Waals surface area contributed by atoms with E-state index in [2.05, 4.69) is 15.2 Å². The second kappa shape index (κ2) is 6.63. The molecule has 0 spiro atoms. The second-order valence-electron chi connectivity index (χ2n) is 5.36. The summed E-state index contributed by atoms with van der Waals surface area (Å²) >= 11 is 12.6. The van der Waals surface area contributed by atoms with Crippen molar-refractivity contribution in [2.24, 2.45) is 0 Å². The lowest BCUT2D eigenvalue weighted by atomic mass is 10.2. The van der Waals surface area contributed by atoms with Gasteiger partial charge in [-0.3, -0.25) is 0 Å². The minimum Gasteiger partial charge on any atom is -0.396 e. The smallest absolute Gasteiger partial charge is 0.152 e. The summed E-state index contributed by atoms with van der Waals surface area (Å²) in [4.78, 5) is 6.76. The van der Waals surface area contributed by atoms with Gasteiger partial charge in [0.1, 0.15) is 15.9 Å². The molecule has 2 heterocycles. The molecule has 0 aliphatic carbocycles. The van der Waals surface area contributed by atoms with Crippen molar-refractivity contribution in [3.8, 4) is 0 Å². The van der Waals surface area contributed by atoms with Gasteiger partial charge in [-0.2, -0.15) is 0 Å². The zero-order valence-electron chi connectivity index (χ0n) is 12.1. The predicted octanol–water partition coefficient (Wildman–Crippen LogP) is 4.18. The fraction of sp³-hybridized carbons (Fsp3) is 0.312. The summed E-state index contributed by atoms with van der Waals surface area (Å²) in [5.74, 6) is 1.30. The summed E-state index contributed by atoms with van der Waals surface area (Å²) in [6.07, 6.45) is 2.29. The fourth-order valence-electron chi connectivity index (χ4n) is 2.59. The Kier molecular flexibility index (Phi) is 4.60. The molecule has 0 amide bonds. The molecule has 1 aromatic carbocycles. The lowest BCUT2D eigenvalue weighted by molar-refractivity contribution is 0.936. The number of nitrogens with zero attached hydrogens (tertiary/aromatic N) is 2. The highest BCUT2D eigenvalue weighted by atomic mass is 35.5. The van der Waals surface area contributed by atoms with Crippen molar-refractivity contribution in [3.05, 3.63) is 45.9 Å². The minimum absolute atomic E-state index is 0.379. The van der Waals surface area contributed by atoms with Gasteiger partial charge in [-0.25, -0.2) is 4.98 Å². The molecule has 1 fully saturated rings. The molecule has 1 aromatic heterocycles. The molecule has 0 bridgehead atoms. The molecule has 3 N–H and O–H groups in total. The maximum Gasteiger partial charge on any atom is 0.152 e. The number of halogens is 2. The molecular formula is C16H18Cl2N4. The van der Waals surface area contributed by atoms with E-state index in [0.29, 0.717) is 28.1 Å². The molecule has 0 radical (unpaired) electrons. The third-order valence-corrected chi connectivity index (χ3v) is 4.56. The van der Waals surface area contributed by atoms with Crippen molar-refractivity contribution in [1.82, 2.24) is 4.98 Å². The molecular weight excluding hydrogens is 319 g/mol. The van der Waals surface area contributed by atoms with Crippen LogP contribution in [0.25, 0.3) is 0 Å². The standard InChI is InChI=1S/C16H18Cl2N4/c17-12-14(19)13(18)16(22-8-4-5-9-22)21-15(12)20-10-11-6-2-1-3-7-11/h1-3,6-7H,4-5,8-10H2,(H3,19,20,21). The van der Waals surface area contributed by atoms with Crippen LogP contribution in [0.1, 0.15) is 18.4 Å². The van der Waals surface area contributed by atoms with Crippen molar-refractivity contribution in [1.29, 1.82) is 0 Å². The highest BCUT2D eigenvalue weighted by Crippen LogP contribution is 2.39. The largest absolute Gasteiger partial charge is 0.396 e. The van der Waals surface area contributed by atoms with Crippen molar-refractivity contribution in [2.45, 2.75) is 19.4 Å². The average molecular weight is 337 g/mol. The van der Waals surface area contributed by atoms with Crippen molar-refractivity contribution in [3.63, 3.8) is 0 Å². The SMILES string of the molecule is Nc1c(Cl)c(NCc2ccccc2)nc(N2CCCC2)c1Cl. The summed E-state index contributed by atoms with van der Waals surface area (Å²) in [7, 11) is 0. The van der Waals surface area contributed by atoms with Gasteiger partial charge in [-0.1, -0.05) is 53.5 Å². The maximum absolute atomic E-state index is 6.33. The monoisotopic (exact) mass is 336 g/mol. The van der Waals surface area contributed by atoms with Gasteiger partial charge >= 0.3 is 0 Å². The second-order valence-corrected chi connectivity index (χ2v) is 6.11. The highest BCUT2D eigenvalue weighted by Gasteiger charge is 2.22. The Balaban J connectivity index is 1.86. The van der Waals surface area contributed by atoms with Gasteiger partial charge in [-0.05, 0) is 18.4 Å². The van der Waals surface area contributed by atoms with E-state index in [0.717, 1.165) is 37.3 Å². The van der Waals surface area contributed by atoms with Crippen LogP contribution in [0.15, 0.2) is 30.3 Å². The first-order chi connectivity index (χ1) is 10.7. The van der Waals surface area contributed by atoms with E-state index in [9.17, 15) is 0 Å². The summed E-state index contributed by atoms with van der Waals surface area (Å²) in [6, 6.07) is 10.1. The molecule has 0 atom stereocenters. The molecule has 1 saturated heterocycles. The number of nitrogens with one attached hydrogen (secondary N) is 1. The molecule has 2 aromatic rings. The van der Waals surface area contributed by atoms with Crippen molar-refractivity contribution >= 4 is 40.5 Å². The van der Waals surface area contributed by atoms with E-state index >= 15 is 0 Å². The first kappa shape index (κ1) is 15.3. The predicted molar refractivity (Wildman–Crippen MR) is 93.9 cm³/mol. The Labute approximate surface area is 140 Å². The third-order valence-electron chi connectivity index (χ3n) is 3.80. The van der Waals surface area contributed by atoms with E-state index < -0.39 is 0 Å². The molecule has 0 unspecified atom stereocenters. The first-order valence-electron chi connectivity index (χ1n) is 7.34. The van der Waals surface area contributed by atoms with Crippen molar-refractivity contribution in [2.75, 3.05) is 29.0 Å². The lowest BCUT2D eigenvalue weighted by Gasteiger charge is -2.21. The van der Waals surface area contributed by atoms with Gasteiger partial charge in [0.05, 0.1) is 5.69 Å². The van der Waals surface area contributed by atoms with E-state index in [1.807, 2.05) is 30.3 Å². The van der Waals surface area contributed by atoms with Gasteiger partial charge < -0.3 is 16.0 Å². The number of benzene rings is 1. The van der Waals surface area contributed by atoms with Crippen LogP contribution in [0.2, 0.25) is 10.0 Å². The quantitative estimate of drug-likeness (QED) is 0.879. The molecule has 0 saturated carbocycles. The molecule has 116 valence electrons. The van der Waals surface area contributed by atoms with E-state index in [1.54, 1.807) is 0 Å². The minimum atomic E-state index is 0.379. The Morgan fingerprint density at radius 3 is 2.45 bits per heavy atom. The molecule has 1 aliphatic heterocycles. The van der Waals surface area contributed by atoms with E-state index in [1.165, 1.54) is 0 Å². The molecule has 4 nitrogen and oxygen atoms in total. The summed E-state index contributed by atoms with van der Waals surface area (Å²) in [5.41, 5.74) is 7.58. The Hall–Kier alpha value is -1.65. The third kappa shape index (κ3) is 3.08. The fourth-order valence-corrected chi connectivity index (χ4v) is 3.09. The van der Waals surface area contributed by atoms with Gasteiger partial charge in [0.2, 0.25) is 0 Å². The number of anilines is 3. The number of hydrogen-bond acceptors (Lipinski definition) is 4. The number of rotatable bonds is 4. The molecule has 3 rings (SSSR count). The maximum atomic E-state index is 6.33. The van der Waals surface area contributed by atoms with Crippen molar-refractivity contribution < 1.29 is 0 Å². The summed E-state index contributed by atoms with van der Waals surface area (Å²) in [5, 5.41) is 4.07. The summed E-state index contributed by atoms with van der Waals surface area (Å²) in [6.45, 7) is 2.53. The Morgan fingerprint density at radius 1 is 1.09 bits per heavy atom. The Morgan fingerprint density at radius 2 is 1.77 bits per heavy atom. The Bertz CT molecular complexity index is 655. The number of nitrogens with two attached hydrogens (primary N) is 1. The van der Waals surface area contributed by atoms with Gasteiger partial charge in [0.15, 0.2) is 5.82 Å². The van der Waals surface area contributed by atoms with E-state index in [4.69, 9.17) is 28.9 Å². The first-order valence-corrected chi connectivity index (χ1v) is 8.09. The summed E-state index contributed by atoms with van der Waals surface area (Å²) < 4.78 is 0. The van der Waals surface area contributed by atoms with Crippen LogP contribution in [0, 0.1) is 0 Å². The van der Waals surface area contributed by atoms with Gasteiger partial charge in [0, 0.05) is 19.6 Å². The van der Waals surface area contributed by atoms with Crippen LogP contribution in [0.5, 0.6) is 0 Å². The van der Waals surface area contributed by atoms with Crippen LogP contribution in [-0.2, 0) is 6.54 Å². The van der Waals surface area contributed by atoms with Gasteiger partial charge in [0.25, 0.3) is 0 Å². The zero-order valence-corrected chi connectivity index (χ0v) is 13.7. The number of aromatic nitrogens is 1. The molecule has 6 heteroatoms. The van der Waals surface area contributed by atoms with Crippen LogP contribution in [-0.4, -0.2) is 18.1 Å². The number of pyridine rings is 1.